The van der Waals surface area contributed by atoms with Crippen LogP contribution in [0.25, 0.3) is 5.69 Å². The van der Waals surface area contributed by atoms with Gasteiger partial charge in [-0.05, 0) is 40.3 Å². The van der Waals surface area contributed by atoms with Gasteiger partial charge in [-0.25, -0.2) is 0 Å². The Morgan fingerprint density at radius 3 is 2.57 bits per heavy atom. The molecule has 1 heterocycles. The summed E-state index contributed by atoms with van der Waals surface area (Å²) in [6.07, 6.45) is 0. The topological polar surface area (TPSA) is 82.4 Å². The summed E-state index contributed by atoms with van der Waals surface area (Å²) in [5, 5.41) is 12.3. The number of hydrogen-bond donors (Lipinski definition) is 0. The van der Waals surface area contributed by atoms with E-state index in [9.17, 15) is 4.79 Å². The second-order valence-corrected chi connectivity index (χ2v) is 6.87. The number of ether oxygens (including phenoxy) is 2. The van der Waals surface area contributed by atoms with E-state index in [-0.39, 0.29) is 11.7 Å². The molecule has 0 aliphatic carbocycles. The molecule has 0 aliphatic heterocycles. The molecule has 0 radical (unpaired) electrons. The minimum Gasteiger partial charge on any atom is -0.497 e. The zero-order chi connectivity index (χ0) is 19.9. The number of carbonyl (C=O) groups excluding carboxylic acids is 1. The van der Waals surface area contributed by atoms with Gasteiger partial charge < -0.3 is 14.4 Å². The molecule has 0 fully saturated rings. The van der Waals surface area contributed by atoms with Gasteiger partial charge in [-0.1, -0.05) is 36.0 Å². The first kappa shape index (κ1) is 19.7. The van der Waals surface area contributed by atoms with Crippen LogP contribution in [0.1, 0.15) is 5.56 Å². The summed E-state index contributed by atoms with van der Waals surface area (Å²) < 4.78 is 12.1. The van der Waals surface area contributed by atoms with Gasteiger partial charge in [-0.2, -0.15) is 4.68 Å². The van der Waals surface area contributed by atoms with E-state index in [1.165, 1.54) is 11.8 Å². The Morgan fingerprint density at radius 1 is 1.11 bits per heavy atom. The van der Waals surface area contributed by atoms with E-state index >= 15 is 0 Å². The number of nitrogens with zero attached hydrogens (tertiary/aromatic N) is 5. The molecule has 0 aliphatic rings. The summed E-state index contributed by atoms with van der Waals surface area (Å²) in [6.45, 7) is 0.515. The number of para-hydroxylation sites is 2. The molecule has 8 nitrogen and oxygen atoms in total. The molecule has 3 rings (SSSR count). The van der Waals surface area contributed by atoms with Gasteiger partial charge in [0.25, 0.3) is 0 Å². The largest absolute Gasteiger partial charge is 0.497 e. The maximum Gasteiger partial charge on any atom is 0.233 e. The molecule has 3 aromatic rings. The third kappa shape index (κ3) is 4.61. The van der Waals surface area contributed by atoms with Crippen molar-refractivity contribution in [3.05, 3.63) is 54.1 Å². The van der Waals surface area contributed by atoms with Crippen LogP contribution < -0.4 is 9.47 Å². The zero-order valence-electron chi connectivity index (χ0n) is 15.9. The summed E-state index contributed by atoms with van der Waals surface area (Å²) in [4.78, 5) is 14.2. The molecule has 146 valence electrons. The quantitative estimate of drug-likeness (QED) is 0.538. The summed E-state index contributed by atoms with van der Waals surface area (Å²) >= 11 is 1.28. The van der Waals surface area contributed by atoms with E-state index in [0.29, 0.717) is 17.5 Å². The Morgan fingerprint density at radius 2 is 1.86 bits per heavy atom. The summed E-state index contributed by atoms with van der Waals surface area (Å²) in [7, 11) is 4.99. The zero-order valence-corrected chi connectivity index (χ0v) is 16.7. The first-order chi connectivity index (χ1) is 13.6. The number of amides is 1. The molecule has 2 aromatic carbocycles. The maximum atomic E-state index is 12.5. The third-order valence-corrected chi connectivity index (χ3v) is 4.99. The molecule has 0 unspecified atom stereocenters. The lowest BCUT2D eigenvalue weighted by Gasteiger charge is -2.17. The second kappa shape index (κ2) is 9.23. The first-order valence-electron chi connectivity index (χ1n) is 8.54. The normalized spacial score (nSPS) is 10.5. The minimum absolute atomic E-state index is 0.0182. The average molecular weight is 399 g/mol. The van der Waals surface area contributed by atoms with E-state index in [0.717, 1.165) is 17.0 Å². The van der Waals surface area contributed by atoms with Crippen molar-refractivity contribution >= 4 is 17.7 Å². The van der Waals surface area contributed by atoms with E-state index < -0.39 is 0 Å². The highest BCUT2D eigenvalue weighted by atomic mass is 32.2. The predicted molar refractivity (Wildman–Crippen MR) is 106 cm³/mol. The van der Waals surface area contributed by atoms with Gasteiger partial charge in [-0.3, -0.25) is 4.79 Å². The van der Waals surface area contributed by atoms with Crippen LogP contribution in [-0.2, 0) is 11.3 Å². The Hall–Kier alpha value is -3.07. The van der Waals surface area contributed by atoms with Crippen molar-refractivity contribution in [1.29, 1.82) is 0 Å². The first-order valence-corrected chi connectivity index (χ1v) is 9.52. The number of benzene rings is 2. The number of methoxy groups -OCH3 is 2. The SMILES string of the molecule is COc1ccc(CN(C)C(=O)CSc2nnnn2-c2ccccc2OC)cc1. The van der Waals surface area contributed by atoms with E-state index in [2.05, 4.69) is 15.5 Å². The lowest BCUT2D eigenvalue weighted by atomic mass is 10.2. The van der Waals surface area contributed by atoms with Gasteiger partial charge in [0.05, 0.1) is 20.0 Å². The number of aromatic nitrogens is 4. The predicted octanol–water partition coefficient (Wildman–Crippen LogP) is 2.43. The smallest absolute Gasteiger partial charge is 0.233 e. The standard InChI is InChI=1S/C19H21N5O3S/c1-23(12-14-8-10-15(26-2)11-9-14)18(25)13-28-19-20-21-22-24(19)16-6-4-5-7-17(16)27-3/h4-11H,12-13H2,1-3H3. The highest BCUT2D eigenvalue weighted by Gasteiger charge is 2.16. The fourth-order valence-electron chi connectivity index (χ4n) is 2.55. The van der Waals surface area contributed by atoms with Crippen LogP contribution in [0.4, 0.5) is 0 Å². The molecule has 28 heavy (non-hydrogen) atoms. The summed E-state index contributed by atoms with van der Waals surface area (Å²) in [5.41, 5.74) is 1.75. The van der Waals surface area contributed by atoms with Crippen LogP contribution in [0, 0.1) is 0 Å². The molecule has 0 N–H and O–H groups in total. The third-order valence-electron chi connectivity index (χ3n) is 4.08. The van der Waals surface area contributed by atoms with Crippen molar-refractivity contribution in [2.45, 2.75) is 11.7 Å². The molecule has 0 saturated heterocycles. The van der Waals surface area contributed by atoms with Crippen LogP contribution in [0.2, 0.25) is 0 Å². The fraction of sp³-hybridized carbons (Fsp3) is 0.263. The van der Waals surface area contributed by atoms with Gasteiger partial charge in [0.1, 0.15) is 17.2 Å². The van der Waals surface area contributed by atoms with Gasteiger partial charge in [0, 0.05) is 13.6 Å². The van der Waals surface area contributed by atoms with Gasteiger partial charge in [0.15, 0.2) is 0 Å². The van der Waals surface area contributed by atoms with Crippen molar-refractivity contribution in [2.75, 3.05) is 27.0 Å². The highest BCUT2D eigenvalue weighted by Crippen LogP contribution is 2.25. The highest BCUT2D eigenvalue weighted by molar-refractivity contribution is 7.99. The Kier molecular flexibility index (Phi) is 6.49. The lowest BCUT2D eigenvalue weighted by Crippen LogP contribution is -2.27. The molecule has 1 amide bonds. The molecule has 0 spiro atoms. The number of rotatable bonds is 8. The molecule has 1 aromatic heterocycles. The minimum atomic E-state index is -0.0182. The Balaban J connectivity index is 1.62. The number of carbonyl (C=O) groups is 1. The number of thioether (sulfide) groups is 1. The molecule has 0 bridgehead atoms. The summed E-state index contributed by atoms with van der Waals surface area (Å²) in [5.74, 6) is 1.65. The Labute approximate surface area is 167 Å². The van der Waals surface area contributed by atoms with Crippen LogP contribution in [0.5, 0.6) is 11.5 Å². The van der Waals surface area contributed by atoms with Crippen molar-refractivity contribution in [2.24, 2.45) is 0 Å². The second-order valence-electron chi connectivity index (χ2n) is 5.93. The van der Waals surface area contributed by atoms with Crippen LogP contribution in [-0.4, -0.2) is 58.0 Å². The van der Waals surface area contributed by atoms with E-state index in [1.54, 1.807) is 30.8 Å². The molecule has 0 saturated carbocycles. The molecular formula is C19H21N5O3S. The van der Waals surface area contributed by atoms with Gasteiger partial charge in [-0.15, -0.1) is 5.10 Å². The molecular weight excluding hydrogens is 378 g/mol. The van der Waals surface area contributed by atoms with E-state index in [4.69, 9.17) is 9.47 Å². The van der Waals surface area contributed by atoms with Crippen molar-refractivity contribution in [3.8, 4) is 17.2 Å². The lowest BCUT2D eigenvalue weighted by molar-refractivity contribution is -0.127. The summed E-state index contributed by atoms with van der Waals surface area (Å²) in [6, 6.07) is 15.1. The van der Waals surface area contributed by atoms with Crippen LogP contribution in [0.15, 0.2) is 53.7 Å². The fourth-order valence-corrected chi connectivity index (χ4v) is 3.38. The Bertz CT molecular complexity index is 929. The van der Waals surface area contributed by atoms with Crippen LogP contribution >= 0.6 is 11.8 Å². The molecule has 9 heteroatoms. The van der Waals surface area contributed by atoms with Crippen molar-refractivity contribution < 1.29 is 14.3 Å². The molecule has 0 atom stereocenters. The number of hydrogen-bond acceptors (Lipinski definition) is 7. The number of tetrazole rings is 1. The van der Waals surface area contributed by atoms with Crippen LogP contribution in [0.3, 0.4) is 0 Å². The van der Waals surface area contributed by atoms with Gasteiger partial charge >= 0.3 is 0 Å². The maximum absolute atomic E-state index is 12.5. The average Bonchev–Trinajstić information content (AvgIpc) is 3.20. The van der Waals surface area contributed by atoms with Gasteiger partial charge in [0.2, 0.25) is 11.1 Å². The van der Waals surface area contributed by atoms with Crippen molar-refractivity contribution in [3.63, 3.8) is 0 Å². The van der Waals surface area contributed by atoms with E-state index in [1.807, 2.05) is 48.5 Å². The monoisotopic (exact) mass is 399 g/mol. The van der Waals surface area contributed by atoms with Crippen molar-refractivity contribution in [1.82, 2.24) is 25.1 Å².